The molecule has 1 aromatic carbocycles. The van der Waals surface area contributed by atoms with E-state index in [0.717, 1.165) is 5.56 Å². The van der Waals surface area contributed by atoms with Crippen LogP contribution in [0.15, 0.2) is 23.1 Å². The van der Waals surface area contributed by atoms with Gasteiger partial charge in [0.1, 0.15) is 5.75 Å². The van der Waals surface area contributed by atoms with Gasteiger partial charge in [0.15, 0.2) is 0 Å². The molecule has 0 unspecified atom stereocenters. The summed E-state index contributed by atoms with van der Waals surface area (Å²) in [7, 11) is -1.90. The van der Waals surface area contributed by atoms with E-state index in [0.29, 0.717) is 30.3 Å². The quantitative estimate of drug-likeness (QED) is 0.916. The smallest absolute Gasteiger partial charge is 0.243 e. The van der Waals surface area contributed by atoms with E-state index < -0.39 is 15.6 Å². The lowest BCUT2D eigenvalue weighted by Crippen LogP contribution is -2.59. The second-order valence-corrected chi connectivity index (χ2v) is 7.56. The Morgan fingerprint density at radius 3 is 2.60 bits per heavy atom. The number of hydrogen-bond acceptors (Lipinski definition) is 4. The Hall–Kier alpha value is -1.11. The van der Waals surface area contributed by atoms with Gasteiger partial charge in [-0.1, -0.05) is 0 Å². The molecule has 1 aliphatic heterocycles. The number of methoxy groups -OCH3 is 1. The number of nitrogens with one attached hydrogen (secondary N) is 1. The molecule has 5 nitrogen and oxygen atoms in total. The van der Waals surface area contributed by atoms with Crippen molar-refractivity contribution in [2.24, 2.45) is 0 Å². The Bertz CT molecular complexity index is 596. The third-order valence-electron chi connectivity index (χ3n) is 3.68. The number of piperazine rings is 1. The highest BCUT2D eigenvalue weighted by atomic mass is 32.2. The molecule has 0 atom stereocenters. The first-order valence-corrected chi connectivity index (χ1v) is 8.11. The minimum absolute atomic E-state index is 0.325. The topological polar surface area (TPSA) is 58.6 Å². The summed E-state index contributed by atoms with van der Waals surface area (Å²) >= 11 is 0. The van der Waals surface area contributed by atoms with Gasteiger partial charge in [-0.05, 0) is 44.5 Å². The molecule has 6 heteroatoms. The van der Waals surface area contributed by atoms with Crippen molar-refractivity contribution in [1.82, 2.24) is 9.62 Å². The highest BCUT2D eigenvalue weighted by Crippen LogP contribution is 2.28. The number of hydrogen-bond donors (Lipinski definition) is 1. The molecular weight excluding hydrogens is 276 g/mol. The lowest BCUT2D eigenvalue weighted by Gasteiger charge is -2.41. The second-order valence-electron chi connectivity index (χ2n) is 5.70. The fourth-order valence-electron chi connectivity index (χ4n) is 2.55. The molecule has 0 spiro atoms. The zero-order valence-corrected chi connectivity index (χ0v) is 13.3. The van der Waals surface area contributed by atoms with Crippen molar-refractivity contribution in [3.63, 3.8) is 0 Å². The summed E-state index contributed by atoms with van der Waals surface area (Å²) in [6.07, 6.45) is 0. The predicted octanol–water partition coefficient (Wildman–Crippen LogP) is 1.38. The predicted molar refractivity (Wildman–Crippen MR) is 78.6 cm³/mol. The van der Waals surface area contributed by atoms with E-state index in [4.69, 9.17) is 4.74 Å². The molecular formula is C14H22N2O3S. The third-order valence-corrected chi connectivity index (χ3v) is 5.79. The van der Waals surface area contributed by atoms with Crippen molar-refractivity contribution in [2.75, 3.05) is 26.7 Å². The number of ether oxygens (including phenoxy) is 1. The van der Waals surface area contributed by atoms with Gasteiger partial charge in [0.2, 0.25) is 10.0 Å². The van der Waals surface area contributed by atoms with Gasteiger partial charge in [-0.25, -0.2) is 8.42 Å². The number of benzene rings is 1. The van der Waals surface area contributed by atoms with Crippen LogP contribution in [-0.2, 0) is 10.0 Å². The molecule has 1 heterocycles. The minimum atomic E-state index is -3.48. The van der Waals surface area contributed by atoms with Gasteiger partial charge in [-0.2, -0.15) is 4.31 Å². The number of aryl methyl sites for hydroxylation is 1. The molecule has 1 N–H and O–H groups in total. The van der Waals surface area contributed by atoms with Crippen LogP contribution in [0.3, 0.4) is 0 Å². The Morgan fingerprint density at radius 2 is 2.05 bits per heavy atom. The zero-order chi connectivity index (χ0) is 15.0. The Balaban J connectivity index is 2.42. The van der Waals surface area contributed by atoms with Gasteiger partial charge in [0.05, 0.1) is 12.0 Å². The molecule has 1 aromatic rings. The third kappa shape index (κ3) is 2.68. The van der Waals surface area contributed by atoms with Crippen LogP contribution in [0, 0.1) is 6.92 Å². The number of nitrogens with zero attached hydrogens (tertiary/aromatic N) is 1. The summed E-state index contributed by atoms with van der Waals surface area (Å²) in [5, 5.41) is 3.23. The number of rotatable bonds is 3. The number of sulfonamides is 1. The van der Waals surface area contributed by atoms with Crippen molar-refractivity contribution in [3.05, 3.63) is 23.8 Å². The van der Waals surface area contributed by atoms with E-state index in [-0.39, 0.29) is 0 Å². The lowest BCUT2D eigenvalue weighted by atomic mass is 10.0. The minimum Gasteiger partial charge on any atom is -0.496 e. The zero-order valence-electron chi connectivity index (χ0n) is 12.4. The van der Waals surface area contributed by atoms with E-state index in [1.165, 1.54) is 0 Å². The van der Waals surface area contributed by atoms with Gasteiger partial charge in [-0.15, -0.1) is 0 Å². The molecule has 1 saturated heterocycles. The van der Waals surface area contributed by atoms with Gasteiger partial charge in [0.25, 0.3) is 0 Å². The highest BCUT2D eigenvalue weighted by molar-refractivity contribution is 7.89. The highest BCUT2D eigenvalue weighted by Gasteiger charge is 2.39. The van der Waals surface area contributed by atoms with Crippen LogP contribution in [0.2, 0.25) is 0 Å². The average molecular weight is 298 g/mol. The van der Waals surface area contributed by atoms with Gasteiger partial charge in [0, 0.05) is 25.2 Å². The molecule has 0 amide bonds. The molecule has 1 fully saturated rings. The van der Waals surface area contributed by atoms with Crippen LogP contribution in [0.5, 0.6) is 5.75 Å². The summed E-state index contributed by atoms with van der Waals surface area (Å²) in [6, 6.07) is 4.99. The van der Waals surface area contributed by atoms with Crippen LogP contribution in [-0.4, -0.2) is 45.0 Å². The first-order valence-electron chi connectivity index (χ1n) is 6.67. The molecule has 112 valence electrons. The first kappa shape index (κ1) is 15.3. The standard InChI is InChI=1S/C14H22N2O3S/c1-11-9-12(5-6-13(11)19-4)20(17,18)16-8-7-15-10-14(16,2)3/h5-6,9,15H,7-8,10H2,1-4H3. The van der Waals surface area contributed by atoms with Crippen LogP contribution >= 0.6 is 0 Å². The van der Waals surface area contributed by atoms with Crippen molar-refractivity contribution >= 4 is 10.0 Å². The first-order chi connectivity index (χ1) is 9.29. The van der Waals surface area contributed by atoms with E-state index in [9.17, 15) is 8.42 Å². The monoisotopic (exact) mass is 298 g/mol. The van der Waals surface area contributed by atoms with E-state index in [2.05, 4.69) is 5.32 Å². The molecule has 0 aromatic heterocycles. The van der Waals surface area contributed by atoms with E-state index in [1.54, 1.807) is 29.6 Å². The molecule has 0 saturated carbocycles. The van der Waals surface area contributed by atoms with Crippen LogP contribution in [0.1, 0.15) is 19.4 Å². The summed E-state index contributed by atoms with van der Waals surface area (Å²) < 4.78 is 32.4. The Labute approximate surface area is 121 Å². The summed E-state index contributed by atoms with van der Waals surface area (Å²) in [6.45, 7) is 7.54. The maximum atomic E-state index is 12.8. The Kier molecular flexibility index (Phi) is 4.09. The fourth-order valence-corrected chi connectivity index (χ4v) is 4.42. The average Bonchev–Trinajstić information content (AvgIpc) is 2.37. The van der Waals surface area contributed by atoms with Crippen LogP contribution in [0.25, 0.3) is 0 Å². The van der Waals surface area contributed by atoms with Crippen LogP contribution in [0.4, 0.5) is 0 Å². The van der Waals surface area contributed by atoms with Gasteiger partial charge < -0.3 is 10.1 Å². The summed E-state index contributed by atoms with van der Waals surface area (Å²) in [5.74, 6) is 0.698. The summed E-state index contributed by atoms with van der Waals surface area (Å²) in [4.78, 5) is 0.325. The molecule has 0 radical (unpaired) electrons. The lowest BCUT2D eigenvalue weighted by molar-refractivity contribution is 0.186. The maximum Gasteiger partial charge on any atom is 0.243 e. The van der Waals surface area contributed by atoms with Crippen LogP contribution < -0.4 is 10.1 Å². The van der Waals surface area contributed by atoms with E-state index >= 15 is 0 Å². The molecule has 20 heavy (non-hydrogen) atoms. The molecule has 0 aliphatic carbocycles. The normalized spacial score (nSPS) is 19.8. The van der Waals surface area contributed by atoms with Crippen molar-refractivity contribution in [2.45, 2.75) is 31.2 Å². The van der Waals surface area contributed by atoms with Crippen molar-refractivity contribution in [1.29, 1.82) is 0 Å². The second kappa shape index (κ2) is 5.35. The van der Waals surface area contributed by atoms with Gasteiger partial charge >= 0.3 is 0 Å². The molecule has 1 aliphatic rings. The molecule has 2 rings (SSSR count). The molecule has 0 bridgehead atoms. The fraction of sp³-hybridized carbons (Fsp3) is 0.571. The van der Waals surface area contributed by atoms with Crippen molar-refractivity contribution in [3.8, 4) is 5.75 Å². The van der Waals surface area contributed by atoms with E-state index in [1.807, 2.05) is 20.8 Å². The largest absolute Gasteiger partial charge is 0.496 e. The SMILES string of the molecule is COc1ccc(S(=O)(=O)N2CCNCC2(C)C)cc1C. The maximum absolute atomic E-state index is 12.8. The Morgan fingerprint density at radius 1 is 1.35 bits per heavy atom. The van der Waals surface area contributed by atoms with Gasteiger partial charge in [-0.3, -0.25) is 0 Å². The summed E-state index contributed by atoms with van der Waals surface area (Å²) in [5.41, 5.74) is 0.395. The van der Waals surface area contributed by atoms with Crippen molar-refractivity contribution < 1.29 is 13.2 Å².